The fourth-order valence-corrected chi connectivity index (χ4v) is 2.51. The van der Waals surface area contributed by atoms with Crippen LogP contribution in [0.3, 0.4) is 0 Å². The summed E-state index contributed by atoms with van der Waals surface area (Å²) in [7, 11) is 0. The lowest BCUT2D eigenvalue weighted by Crippen LogP contribution is -2.05. The SMILES string of the molecule is C=CCn1c(CCC)nc(-c2cccc(Br)c2)c1N. The van der Waals surface area contributed by atoms with Crippen LogP contribution in [-0.2, 0) is 13.0 Å². The molecule has 2 rings (SSSR count). The first kappa shape index (κ1) is 13.9. The molecule has 0 aliphatic carbocycles. The molecule has 2 N–H and O–H groups in total. The number of rotatable bonds is 5. The van der Waals surface area contributed by atoms with E-state index in [4.69, 9.17) is 10.7 Å². The van der Waals surface area contributed by atoms with Gasteiger partial charge in [-0.3, -0.25) is 0 Å². The smallest absolute Gasteiger partial charge is 0.132 e. The fourth-order valence-electron chi connectivity index (χ4n) is 2.11. The molecule has 0 aliphatic rings. The van der Waals surface area contributed by atoms with Crippen LogP contribution < -0.4 is 5.73 Å². The predicted molar refractivity (Wildman–Crippen MR) is 84.0 cm³/mol. The Balaban J connectivity index is 2.51. The van der Waals surface area contributed by atoms with Gasteiger partial charge in [0.05, 0.1) is 0 Å². The molecule has 0 unspecified atom stereocenters. The summed E-state index contributed by atoms with van der Waals surface area (Å²) in [5, 5.41) is 0. The van der Waals surface area contributed by atoms with E-state index in [1.54, 1.807) is 0 Å². The van der Waals surface area contributed by atoms with Crippen molar-refractivity contribution in [1.82, 2.24) is 9.55 Å². The summed E-state index contributed by atoms with van der Waals surface area (Å²) in [5.74, 6) is 1.73. The number of halogens is 1. The third kappa shape index (κ3) is 2.89. The number of hydrogen-bond acceptors (Lipinski definition) is 2. The highest BCUT2D eigenvalue weighted by molar-refractivity contribution is 9.10. The van der Waals surface area contributed by atoms with Crippen molar-refractivity contribution in [1.29, 1.82) is 0 Å². The van der Waals surface area contributed by atoms with E-state index in [9.17, 15) is 0 Å². The third-order valence-electron chi connectivity index (χ3n) is 2.97. The second-order valence-electron chi connectivity index (χ2n) is 4.42. The number of aryl methyl sites for hydroxylation is 1. The van der Waals surface area contributed by atoms with Crippen molar-refractivity contribution >= 4 is 21.7 Å². The molecule has 0 saturated carbocycles. The maximum atomic E-state index is 6.24. The van der Waals surface area contributed by atoms with Crippen molar-refractivity contribution in [3.63, 3.8) is 0 Å². The summed E-state index contributed by atoms with van der Waals surface area (Å²) in [6, 6.07) is 8.04. The average molecular weight is 320 g/mol. The molecule has 19 heavy (non-hydrogen) atoms. The zero-order valence-electron chi connectivity index (χ0n) is 11.1. The number of imidazole rings is 1. The molecule has 1 aromatic carbocycles. The third-order valence-corrected chi connectivity index (χ3v) is 3.46. The van der Waals surface area contributed by atoms with E-state index in [0.29, 0.717) is 12.4 Å². The first-order valence-corrected chi connectivity index (χ1v) is 7.18. The minimum absolute atomic E-state index is 0.697. The summed E-state index contributed by atoms with van der Waals surface area (Å²) in [5.41, 5.74) is 8.13. The lowest BCUT2D eigenvalue weighted by Gasteiger charge is -2.06. The van der Waals surface area contributed by atoms with E-state index in [1.807, 2.05) is 34.9 Å². The minimum atomic E-state index is 0.697. The van der Waals surface area contributed by atoms with Crippen molar-refractivity contribution in [2.24, 2.45) is 0 Å². The van der Waals surface area contributed by atoms with E-state index in [-0.39, 0.29) is 0 Å². The summed E-state index contributed by atoms with van der Waals surface area (Å²) in [4.78, 5) is 4.70. The zero-order chi connectivity index (χ0) is 13.8. The number of nitrogens with two attached hydrogens (primary N) is 1. The van der Waals surface area contributed by atoms with Gasteiger partial charge in [0, 0.05) is 23.0 Å². The number of nitrogen functional groups attached to an aromatic ring is 1. The van der Waals surface area contributed by atoms with E-state index >= 15 is 0 Å². The zero-order valence-corrected chi connectivity index (χ0v) is 12.7. The maximum Gasteiger partial charge on any atom is 0.132 e. The minimum Gasteiger partial charge on any atom is -0.383 e. The first-order chi connectivity index (χ1) is 9.17. The lowest BCUT2D eigenvalue weighted by atomic mass is 10.1. The second kappa shape index (κ2) is 6.06. The number of benzene rings is 1. The number of nitrogens with zero attached hydrogens (tertiary/aromatic N) is 2. The standard InChI is InChI=1S/C15H18BrN3/c1-3-6-13-18-14(15(17)19(13)9-4-2)11-7-5-8-12(16)10-11/h4-5,7-8,10H,2-3,6,9,17H2,1H3. The Bertz CT molecular complexity index is 587. The highest BCUT2D eigenvalue weighted by atomic mass is 79.9. The van der Waals surface area contributed by atoms with E-state index in [0.717, 1.165) is 34.4 Å². The van der Waals surface area contributed by atoms with Gasteiger partial charge in [0.25, 0.3) is 0 Å². The predicted octanol–water partition coefficient (Wildman–Crippen LogP) is 4.03. The molecule has 0 radical (unpaired) electrons. The molecule has 1 heterocycles. The largest absolute Gasteiger partial charge is 0.383 e. The maximum absolute atomic E-state index is 6.24. The van der Waals surface area contributed by atoms with Crippen LogP contribution in [0.15, 0.2) is 41.4 Å². The Morgan fingerprint density at radius 2 is 2.26 bits per heavy atom. The summed E-state index contributed by atoms with van der Waals surface area (Å²) >= 11 is 3.48. The average Bonchev–Trinajstić information content (AvgIpc) is 2.69. The van der Waals surface area contributed by atoms with Crippen LogP contribution >= 0.6 is 15.9 Å². The van der Waals surface area contributed by atoms with Crippen molar-refractivity contribution in [2.75, 3.05) is 5.73 Å². The van der Waals surface area contributed by atoms with E-state index in [2.05, 4.69) is 29.4 Å². The van der Waals surface area contributed by atoms with Crippen LogP contribution in [0, 0.1) is 0 Å². The lowest BCUT2D eigenvalue weighted by molar-refractivity contribution is 0.724. The van der Waals surface area contributed by atoms with E-state index in [1.165, 1.54) is 0 Å². The molecule has 1 aromatic heterocycles. The van der Waals surface area contributed by atoms with Gasteiger partial charge in [-0.25, -0.2) is 4.98 Å². The van der Waals surface area contributed by atoms with E-state index < -0.39 is 0 Å². The molecule has 0 bridgehead atoms. The van der Waals surface area contributed by atoms with Crippen LogP contribution in [0.25, 0.3) is 11.3 Å². The molecule has 0 atom stereocenters. The van der Waals surface area contributed by atoms with Gasteiger partial charge < -0.3 is 10.3 Å². The van der Waals surface area contributed by atoms with Crippen molar-refractivity contribution in [2.45, 2.75) is 26.3 Å². The van der Waals surface area contributed by atoms with Crippen LogP contribution in [0.2, 0.25) is 0 Å². The normalized spacial score (nSPS) is 10.6. The van der Waals surface area contributed by atoms with Gasteiger partial charge in [-0.2, -0.15) is 0 Å². The van der Waals surface area contributed by atoms with Crippen molar-refractivity contribution < 1.29 is 0 Å². The summed E-state index contributed by atoms with van der Waals surface area (Å²) < 4.78 is 3.06. The van der Waals surface area contributed by atoms with Crippen molar-refractivity contribution in [3.05, 3.63) is 47.2 Å². The van der Waals surface area contributed by atoms with Crippen LogP contribution in [0.5, 0.6) is 0 Å². The molecule has 0 spiro atoms. The highest BCUT2D eigenvalue weighted by Crippen LogP contribution is 2.28. The topological polar surface area (TPSA) is 43.8 Å². The van der Waals surface area contributed by atoms with Gasteiger partial charge in [0.15, 0.2) is 0 Å². The van der Waals surface area contributed by atoms with Gasteiger partial charge in [-0.15, -0.1) is 6.58 Å². The quantitative estimate of drug-likeness (QED) is 0.845. The van der Waals surface area contributed by atoms with Gasteiger partial charge in [0.2, 0.25) is 0 Å². The van der Waals surface area contributed by atoms with Crippen LogP contribution in [0.4, 0.5) is 5.82 Å². The Morgan fingerprint density at radius 3 is 2.89 bits per heavy atom. The molecular weight excluding hydrogens is 302 g/mol. The number of hydrogen-bond donors (Lipinski definition) is 1. The fraction of sp³-hybridized carbons (Fsp3) is 0.267. The monoisotopic (exact) mass is 319 g/mol. The Hall–Kier alpha value is -1.55. The first-order valence-electron chi connectivity index (χ1n) is 6.39. The van der Waals surface area contributed by atoms with Gasteiger partial charge in [0.1, 0.15) is 17.3 Å². The summed E-state index contributed by atoms with van der Waals surface area (Å²) in [6.07, 6.45) is 3.82. The molecule has 0 saturated heterocycles. The molecule has 3 nitrogen and oxygen atoms in total. The van der Waals surface area contributed by atoms with Crippen LogP contribution in [-0.4, -0.2) is 9.55 Å². The molecular formula is C15H18BrN3. The molecule has 2 aromatic rings. The van der Waals surface area contributed by atoms with Crippen molar-refractivity contribution in [3.8, 4) is 11.3 Å². The molecule has 0 aliphatic heterocycles. The molecule has 0 amide bonds. The Labute approximate surface area is 122 Å². The highest BCUT2D eigenvalue weighted by Gasteiger charge is 2.14. The van der Waals surface area contributed by atoms with Crippen LogP contribution in [0.1, 0.15) is 19.2 Å². The van der Waals surface area contributed by atoms with Gasteiger partial charge >= 0.3 is 0 Å². The number of anilines is 1. The number of allylic oxidation sites excluding steroid dienone is 1. The summed E-state index contributed by atoms with van der Waals surface area (Å²) in [6.45, 7) is 6.62. The molecule has 100 valence electrons. The molecule has 4 heteroatoms. The van der Waals surface area contributed by atoms with Gasteiger partial charge in [-0.1, -0.05) is 41.1 Å². The Morgan fingerprint density at radius 1 is 1.47 bits per heavy atom. The Kier molecular flexibility index (Phi) is 4.43. The van der Waals surface area contributed by atoms with Gasteiger partial charge in [-0.05, 0) is 18.6 Å². The molecule has 0 fully saturated rings. The second-order valence-corrected chi connectivity index (χ2v) is 5.34. The number of aromatic nitrogens is 2.